The molecule has 0 saturated heterocycles. The van der Waals surface area contributed by atoms with Crippen LogP contribution in [0, 0.1) is 0 Å². The summed E-state index contributed by atoms with van der Waals surface area (Å²) in [4.78, 5) is 34.6. The molecular formula is C26H25N7O3S2. The van der Waals surface area contributed by atoms with E-state index in [0.717, 1.165) is 34.0 Å². The van der Waals surface area contributed by atoms with Crippen LogP contribution in [0.5, 0.6) is 0 Å². The van der Waals surface area contributed by atoms with E-state index in [1.165, 1.54) is 9.78 Å². The van der Waals surface area contributed by atoms with Crippen LogP contribution in [0.3, 0.4) is 0 Å². The zero-order valence-electron chi connectivity index (χ0n) is 20.6. The molecule has 38 heavy (non-hydrogen) atoms. The number of hydrogen-bond acceptors (Lipinski definition) is 8. The van der Waals surface area contributed by atoms with Crippen LogP contribution < -0.4 is 4.90 Å². The molecule has 0 radical (unpaired) electrons. The number of nitrogens with zero attached hydrogens (tertiary/aromatic N) is 6. The quantitative estimate of drug-likeness (QED) is 0.235. The van der Waals surface area contributed by atoms with Gasteiger partial charge in [-0.25, -0.2) is 9.78 Å². The van der Waals surface area contributed by atoms with E-state index in [1.54, 1.807) is 53.1 Å². The zero-order chi connectivity index (χ0) is 26.5. The van der Waals surface area contributed by atoms with Gasteiger partial charge in [0.05, 0.1) is 18.3 Å². The number of benzene rings is 1. The lowest BCUT2D eigenvalue weighted by atomic mass is 10.1. The number of rotatable bonds is 11. The van der Waals surface area contributed by atoms with Gasteiger partial charge < -0.3 is 9.67 Å². The number of unbranched alkanes of at least 4 members (excludes halogenated alkanes) is 1. The molecule has 12 heteroatoms. The van der Waals surface area contributed by atoms with Crippen molar-refractivity contribution in [2.75, 3.05) is 4.90 Å². The van der Waals surface area contributed by atoms with Gasteiger partial charge in [-0.1, -0.05) is 36.6 Å². The summed E-state index contributed by atoms with van der Waals surface area (Å²) in [6.45, 7) is 2.76. The number of carbonyl (C=O) groups is 2. The smallest absolute Gasteiger partial charge is 0.335 e. The molecule has 10 nitrogen and oxygen atoms in total. The number of imidazole rings is 1. The van der Waals surface area contributed by atoms with Gasteiger partial charge in [0.1, 0.15) is 11.5 Å². The third kappa shape index (κ3) is 5.55. The highest BCUT2D eigenvalue weighted by Crippen LogP contribution is 2.32. The highest BCUT2D eigenvalue weighted by molar-refractivity contribution is 7.21. The van der Waals surface area contributed by atoms with Gasteiger partial charge in [0, 0.05) is 27.6 Å². The molecule has 0 fully saturated rings. The van der Waals surface area contributed by atoms with Crippen molar-refractivity contribution in [3.63, 3.8) is 0 Å². The normalized spacial score (nSPS) is 11.1. The number of hydrogen-bond donors (Lipinski definition) is 2. The second kappa shape index (κ2) is 11.5. The molecule has 0 saturated carbocycles. The maximum atomic E-state index is 14.0. The molecule has 0 atom stereocenters. The van der Waals surface area contributed by atoms with Gasteiger partial charge in [0.2, 0.25) is 0 Å². The molecule has 1 amide bonds. The number of aryl methyl sites for hydroxylation is 1. The summed E-state index contributed by atoms with van der Waals surface area (Å²) in [5.41, 5.74) is 1.48. The monoisotopic (exact) mass is 547 g/mol. The van der Waals surface area contributed by atoms with Crippen LogP contribution in [0.15, 0.2) is 60.1 Å². The molecule has 4 aromatic heterocycles. The Morgan fingerprint density at radius 3 is 2.63 bits per heavy atom. The van der Waals surface area contributed by atoms with Gasteiger partial charge in [-0.15, -0.1) is 27.8 Å². The fourth-order valence-corrected chi connectivity index (χ4v) is 5.87. The number of amides is 1. The Balaban J connectivity index is 1.46. The molecule has 0 aliphatic heterocycles. The fourth-order valence-electron chi connectivity index (χ4n) is 4.04. The van der Waals surface area contributed by atoms with Crippen molar-refractivity contribution in [2.24, 2.45) is 0 Å². The number of tetrazole rings is 1. The number of carbonyl (C=O) groups excluding carboxylic acids is 1. The molecule has 5 aromatic rings. The second-order valence-electron chi connectivity index (χ2n) is 8.60. The SMILES string of the molecule is CCCCc1ncc(C(=O)N(Cc2ccc(-c3cccs3)s2)c2nn[nH]n2)n1Cc1ccc(C(=O)O)cc1. The van der Waals surface area contributed by atoms with Crippen molar-refractivity contribution in [1.82, 2.24) is 30.2 Å². The Morgan fingerprint density at radius 2 is 1.95 bits per heavy atom. The summed E-state index contributed by atoms with van der Waals surface area (Å²) < 4.78 is 1.90. The lowest BCUT2D eigenvalue weighted by molar-refractivity contribution is 0.0696. The number of aromatic amines is 1. The predicted octanol–water partition coefficient (Wildman–Crippen LogP) is 5.12. The van der Waals surface area contributed by atoms with Crippen LogP contribution in [0.1, 0.15) is 56.9 Å². The van der Waals surface area contributed by atoms with E-state index in [0.29, 0.717) is 18.7 Å². The summed E-state index contributed by atoms with van der Waals surface area (Å²) >= 11 is 3.29. The Morgan fingerprint density at radius 1 is 1.11 bits per heavy atom. The number of nitrogens with one attached hydrogen (secondary N) is 1. The molecule has 0 unspecified atom stereocenters. The maximum Gasteiger partial charge on any atom is 0.335 e. The number of carboxylic acid groups (broad SMARTS) is 1. The van der Waals surface area contributed by atoms with Crippen molar-refractivity contribution in [3.8, 4) is 9.75 Å². The van der Waals surface area contributed by atoms with Crippen LogP contribution >= 0.6 is 22.7 Å². The molecule has 4 heterocycles. The molecule has 1 aromatic carbocycles. The van der Waals surface area contributed by atoms with E-state index in [2.05, 4.69) is 44.7 Å². The lowest BCUT2D eigenvalue weighted by Crippen LogP contribution is -2.33. The first-order chi connectivity index (χ1) is 18.5. The minimum atomic E-state index is -0.981. The number of aromatic carboxylic acids is 1. The first-order valence-electron chi connectivity index (χ1n) is 12.1. The Kier molecular flexibility index (Phi) is 7.70. The molecule has 0 spiro atoms. The van der Waals surface area contributed by atoms with Gasteiger partial charge in [-0.3, -0.25) is 9.69 Å². The summed E-state index contributed by atoms with van der Waals surface area (Å²) in [6.07, 6.45) is 4.23. The van der Waals surface area contributed by atoms with E-state index in [9.17, 15) is 14.7 Å². The number of aromatic nitrogens is 6. The molecule has 0 aliphatic carbocycles. The summed E-state index contributed by atoms with van der Waals surface area (Å²) in [5.74, 6) is -0.309. The van der Waals surface area contributed by atoms with Crippen LogP contribution in [0.2, 0.25) is 0 Å². The van der Waals surface area contributed by atoms with Crippen molar-refractivity contribution in [3.05, 3.63) is 87.6 Å². The van der Waals surface area contributed by atoms with E-state index >= 15 is 0 Å². The molecule has 2 N–H and O–H groups in total. The second-order valence-corrected chi connectivity index (χ2v) is 10.7. The first kappa shape index (κ1) is 25.5. The highest BCUT2D eigenvalue weighted by Gasteiger charge is 2.27. The van der Waals surface area contributed by atoms with E-state index < -0.39 is 5.97 Å². The number of thiophene rings is 2. The maximum absolute atomic E-state index is 14.0. The van der Waals surface area contributed by atoms with E-state index in [1.807, 2.05) is 22.1 Å². The van der Waals surface area contributed by atoms with Gasteiger partial charge >= 0.3 is 5.97 Å². The molecular weight excluding hydrogens is 522 g/mol. The number of H-pyrrole nitrogens is 1. The van der Waals surface area contributed by atoms with Gasteiger partial charge in [0.15, 0.2) is 0 Å². The van der Waals surface area contributed by atoms with Crippen LogP contribution in [-0.2, 0) is 19.5 Å². The van der Waals surface area contributed by atoms with Gasteiger partial charge in [-0.2, -0.15) is 5.21 Å². The summed E-state index contributed by atoms with van der Waals surface area (Å²) in [5, 5.41) is 25.6. The van der Waals surface area contributed by atoms with Crippen LogP contribution in [0.4, 0.5) is 5.95 Å². The van der Waals surface area contributed by atoms with Crippen molar-refractivity contribution in [1.29, 1.82) is 0 Å². The third-order valence-corrected chi connectivity index (χ3v) is 8.15. The van der Waals surface area contributed by atoms with Crippen molar-refractivity contribution < 1.29 is 14.7 Å². The lowest BCUT2D eigenvalue weighted by Gasteiger charge is -2.19. The topological polar surface area (TPSA) is 130 Å². The standard InChI is InChI=1S/C26H25N7O3S2/c1-2-3-6-23-27-14-20(32(23)15-17-7-9-18(10-8-17)25(35)36)24(34)33(26-28-30-31-29-26)16-19-11-12-22(38-19)21-5-4-13-37-21/h4-5,7-14H,2-3,6,15-16H2,1H3,(H,35,36)(H,28,29,30,31). The summed E-state index contributed by atoms with van der Waals surface area (Å²) in [7, 11) is 0. The molecule has 0 aliphatic rings. The molecule has 0 bridgehead atoms. The first-order valence-corrected chi connectivity index (χ1v) is 13.8. The minimum Gasteiger partial charge on any atom is -0.478 e. The van der Waals surface area contributed by atoms with Crippen LogP contribution in [0.25, 0.3) is 9.75 Å². The van der Waals surface area contributed by atoms with E-state index in [4.69, 9.17) is 0 Å². The van der Waals surface area contributed by atoms with Gasteiger partial charge in [-0.05, 0) is 52.9 Å². The average Bonchev–Trinajstić information content (AvgIpc) is 3.74. The Hall–Kier alpha value is -4.16. The largest absolute Gasteiger partial charge is 0.478 e. The zero-order valence-corrected chi connectivity index (χ0v) is 22.2. The fraction of sp³-hybridized carbons (Fsp3) is 0.231. The molecule has 5 rings (SSSR count). The van der Waals surface area contributed by atoms with Gasteiger partial charge in [0.25, 0.3) is 11.9 Å². The third-order valence-electron chi connectivity index (χ3n) is 6.01. The minimum absolute atomic E-state index is 0.176. The Bertz CT molecular complexity index is 1510. The summed E-state index contributed by atoms with van der Waals surface area (Å²) in [6, 6.07) is 14.8. The van der Waals surface area contributed by atoms with Crippen molar-refractivity contribution in [2.45, 2.75) is 39.3 Å². The van der Waals surface area contributed by atoms with Crippen molar-refractivity contribution >= 4 is 40.5 Å². The Labute approximate surface area is 226 Å². The highest BCUT2D eigenvalue weighted by atomic mass is 32.1. The molecule has 194 valence electrons. The number of anilines is 1. The van der Waals surface area contributed by atoms with E-state index in [-0.39, 0.29) is 24.0 Å². The average molecular weight is 548 g/mol. The predicted molar refractivity (Wildman–Crippen MR) is 146 cm³/mol. The van der Waals surface area contributed by atoms with Crippen LogP contribution in [-0.4, -0.2) is 47.2 Å². The number of carboxylic acids is 1.